The number of halogens is 3. The van der Waals surface area contributed by atoms with E-state index >= 15 is 0 Å². The Kier molecular flexibility index (Phi) is 3.90. The molecule has 0 atom stereocenters. The van der Waals surface area contributed by atoms with Crippen LogP contribution in [0.5, 0.6) is 0 Å². The molecule has 2 amide bonds. The Bertz CT molecular complexity index is 603. The zero-order valence-electron chi connectivity index (χ0n) is 10.8. The van der Waals surface area contributed by atoms with Gasteiger partial charge in [0, 0.05) is 5.56 Å². The van der Waals surface area contributed by atoms with E-state index in [0.717, 1.165) is 6.07 Å². The van der Waals surface area contributed by atoms with Crippen LogP contribution in [0.1, 0.15) is 29.6 Å². The summed E-state index contributed by atoms with van der Waals surface area (Å²) in [6.07, 6.45) is 0.127. The van der Waals surface area contributed by atoms with Crippen molar-refractivity contribution in [3.05, 3.63) is 28.8 Å². The van der Waals surface area contributed by atoms with Gasteiger partial charge in [-0.15, -0.1) is 0 Å². The fourth-order valence-corrected chi connectivity index (χ4v) is 2.18. The molecule has 0 spiro atoms. The van der Waals surface area contributed by atoms with Crippen molar-refractivity contribution in [2.75, 3.05) is 5.32 Å². The first kappa shape index (κ1) is 15.7. The number of rotatable bonds is 4. The predicted molar refractivity (Wildman–Crippen MR) is 72.3 cm³/mol. The highest BCUT2D eigenvalue weighted by molar-refractivity contribution is 6.34. The summed E-state index contributed by atoms with van der Waals surface area (Å²) in [5.41, 5.74) is 2.59. The van der Waals surface area contributed by atoms with Crippen molar-refractivity contribution in [1.82, 2.24) is 0 Å². The lowest BCUT2D eigenvalue weighted by molar-refractivity contribution is -0.212. The molecule has 0 heterocycles. The normalized spacial score (nSPS) is 17.0. The average Bonchev–Trinajstić information content (AvgIpc) is 2.37. The molecule has 1 saturated carbocycles. The molecule has 2 rings (SSSR count). The van der Waals surface area contributed by atoms with Gasteiger partial charge in [-0.25, -0.2) is 0 Å². The van der Waals surface area contributed by atoms with Gasteiger partial charge in [-0.2, -0.15) is 8.78 Å². The van der Waals surface area contributed by atoms with Gasteiger partial charge >= 0.3 is 5.92 Å². The first-order valence-electron chi connectivity index (χ1n) is 6.18. The number of nitrogens with two attached hydrogens (primary N) is 1. The number of amides is 2. The lowest BCUT2D eigenvalue weighted by atomic mass is 9.75. The van der Waals surface area contributed by atoms with Crippen molar-refractivity contribution >= 4 is 29.1 Å². The van der Waals surface area contributed by atoms with Crippen molar-refractivity contribution < 1.29 is 23.5 Å². The standard InChI is InChI=1S/C13H13ClF2N2O3/c14-8-3-2-7(10(17)19)6-9(8)18-11(20)13(15,16)12(21)4-1-5-12/h2-3,6,21H,1,4-5H2,(H2,17,19)(H,18,20). The summed E-state index contributed by atoms with van der Waals surface area (Å²) in [5.74, 6) is -6.41. The van der Waals surface area contributed by atoms with Gasteiger partial charge in [-0.1, -0.05) is 11.6 Å². The topological polar surface area (TPSA) is 92.4 Å². The van der Waals surface area contributed by atoms with E-state index < -0.39 is 23.3 Å². The predicted octanol–water partition coefficient (Wildman–Crippen LogP) is 1.93. The SMILES string of the molecule is NC(=O)c1ccc(Cl)c(NC(=O)C(F)(F)C2(O)CCC2)c1. The molecule has 1 aliphatic carbocycles. The van der Waals surface area contributed by atoms with Gasteiger partial charge in [0.2, 0.25) is 5.91 Å². The molecule has 1 aromatic rings. The molecule has 0 unspecified atom stereocenters. The smallest absolute Gasteiger partial charge is 0.352 e. The number of anilines is 1. The second kappa shape index (κ2) is 5.23. The maximum atomic E-state index is 13.9. The first-order valence-corrected chi connectivity index (χ1v) is 6.56. The number of carbonyl (C=O) groups is 2. The average molecular weight is 319 g/mol. The van der Waals surface area contributed by atoms with Crippen LogP contribution in [0.25, 0.3) is 0 Å². The number of benzene rings is 1. The summed E-state index contributed by atoms with van der Waals surface area (Å²) < 4.78 is 27.9. The number of hydrogen-bond donors (Lipinski definition) is 3. The van der Waals surface area contributed by atoms with E-state index in [0.29, 0.717) is 6.42 Å². The Morgan fingerprint density at radius 3 is 2.48 bits per heavy atom. The molecule has 1 aliphatic rings. The van der Waals surface area contributed by atoms with E-state index in [1.54, 1.807) is 0 Å². The summed E-state index contributed by atoms with van der Waals surface area (Å²) >= 11 is 5.78. The fraction of sp³-hybridized carbons (Fsp3) is 0.385. The molecule has 8 heteroatoms. The lowest BCUT2D eigenvalue weighted by Gasteiger charge is -2.41. The largest absolute Gasteiger partial charge is 0.383 e. The van der Waals surface area contributed by atoms with Crippen LogP contribution in [-0.4, -0.2) is 28.4 Å². The molecule has 1 aromatic carbocycles. The zero-order chi connectivity index (χ0) is 15.8. The van der Waals surface area contributed by atoms with E-state index in [-0.39, 0.29) is 29.1 Å². The monoisotopic (exact) mass is 318 g/mol. The molecular weight excluding hydrogens is 306 g/mol. The van der Waals surface area contributed by atoms with Gasteiger partial charge in [-0.3, -0.25) is 9.59 Å². The number of hydrogen-bond acceptors (Lipinski definition) is 3. The second-order valence-electron chi connectivity index (χ2n) is 4.97. The van der Waals surface area contributed by atoms with Crippen LogP contribution in [-0.2, 0) is 4.79 Å². The van der Waals surface area contributed by atoms with Crippen molar-refractivity contribution in [2.24, 2.45) is 5.73 Å². The summed E-state index contributed by atoms with van der Waals surface area (Å²) in [6.45, 7) is 0. The van der Waals surface area contributed by atoms with Gasteiger partial charge in [0.1, 0.15) is 5.60 Å². The first-order chi connectivity index (χ1) is 9.67. The molecule has 1 fully saturated rings. The molecule has 4 N–H and O–H groups in total. The summed E-state index contributed by atoms with van der Waals surface area (Å²) in [4.78, 5) is 22.8. The van der Waals surface area contributed by atoms with Crippen molar-refractivity contribution in [3.8, 4) is 0 Å². The maximum Gasteiger partial charge on any atom is 0.352 e. The quantitative estimate of drug-likeness (QED) is 0.792. The third kappa shape index (κ3) is 2.71. The van der Waals surface area contributed by atoms with E-state index in [9.17, 15) is 23.5 Å². The second-order valence-corrected chi connectivity index (χ2v) is 5.38. The van der Waals surface area contributed by atoms with E-state index in [1.807, 2.05) is 5.32 Å². The Balaban J connectivity index is 2.23. The van der Waals surface area contributed by atoms with Gasteiger partial charge < -0.3 is 16.2 Å². The van der Waals surface area contributed by atoms with Crippen molar-refractivity contribution in [1.29, 1.82) is 0 Å². The summed E-state index contributed by atoms with van der Waals surface area (Å²) in [5, 5.41) is 11.6. The molecule has 0 bridgehead atoms. The highest BCUT2D eigenvalue weighted by Crippen LogP contribution is 2.44. The molecule has 0 aromatic heterocycles. The van der Waals surface area contributed by atoms with Crippen LogP contribution in [0.3, 0.4) is 0 Å². The summed E-state index contributed by atoms with van der Waals surface area (Å²) in [6, 6.07) is 3.66. The highest BCUT2D eigenvalue weighted by atomic mass is 35.5. The van der Waals surface area contributed by atoms with E-state index in [1.165, 1.54) is 12.1 Å². The molecular formula is C13H13ClF2N2O3. The van der Waals surface area contributed by atoms with Crippen LogP contribution >= 0.6 is 11.6 Å². The van der Waals surface area contributed by atoms with Crippen LogP contribution in [0.15, 0.2) is 18.2 Å². The summed E-state index contributed by atoms with van der Waals surface area (Å²) in [7, 11) is 0. The Morgan fingerprint density at radius 2 is 2.00 bits per heavy atom. The minimum atomic E-state index is -3.95. The Morgan fingerprint density at radius 1 is 1.38 bits per heavy atom. The van der Waals surface area contributed by atoms with Crippen LogP contribution < -0.4 is 11.1 Å². The third-order valence-corrected chi connectivity index (χ3v) is 3.88. The molecule has 21 heavy (non-hydrogen) atoms. The molecule has 0 aliphatic heterocycles. The maximum absolute atomic E-state index is 13.9. The molecule has 0 radical (unpaired) electrons. The van der Waals surface area contributed by atoms with E-state index in [4.69, 9.17) is 17.3 Å². The number of alkyl halides is 2. The van der Waals surface area contributed by atoms with Crippen LogP contribution in [0.4, 0.5) is 14.5 Å². The Labute approximate surface area is 124 Å². The van der Waals surface area contributed by atoms with Crippen LogP contribution in [0.2, 0.25) is 5.02 Å². The van der Waals surface area contributed by atoms with Gasteiger partial charge in [0.05, 0.1) is 10.7 Å². The molecule has 114 valence electrons. The lowest BCUT2D eigenvalue weighted by Crippen LogP contribution is -2.59. The number of aliphatic hydroxyl groups is 1. The minimum Gasteiger partial charge on any atom is -0.383 e. The van der Waals surface area contributed by atoms with Gasteiger partial charge in [0.25, 0.3) is 5.91 Å². The molecule has 0 saturated heterocycles. The number of primary amides is 1. The zero-order valence-corrected chi connectivity index (χ0v) is 11.6. The number of carbonyl (C=O) groups excluding carboxylic acids is 2. The van der Waals surface area contributed by atoms with Crippen molar-refractivity contribution in [2.45, 2.75) is 30.8 Å². The fourth-order valence-electron chi connectivity index (χ4n) is 2.01. The third-order valence-electron chi connectivity index (χ3n) is 3.55. The highest BCUT2D eigenvalue weighted by Gasteiger charge is 2.61. The van der Waals surface area contributed by atoms with Crippen molar-refractivity contribution in [3.63, 3.8) is 0 Å². The Hall–Kier alpha value is -1.73. The minimum absolute atomic E-state index is 0.0142. The van der Waals surface area contributed by atoms with Crippen LogP contribution in [0, 0.1) is 0 Å². The number of nitrogens with one attached hydrogen (secondary N) is 1. The molecule has 5 nitrogen and oxygen atoms in total. The van der Waals surface area contributed by atoms with Gasteiger partial charge in [0.15, 0.2) is 0 Å². The van der Waals surface area contributed by atoms with Gasteiger partial charge in [-0.05, 0) is 37.5 Å². The van der Waals surface area contributed by atoms with E-state index in [2.05, 4.69) is 0 Å².